The standard InChI is InChI=1S/C12H21NO3S3/c1-3-17-9-7-10(2)13-19(15,16)12-5-4-11(18-12)6-8-14/h4-5,10,13-14H,3,6-9H2,1-2H3. The molecule has 1 heterocycles. The Kier molecular flexibility index (Phi) is 7.38. The highest BCUT2D eigenvalue weighted by Gasteiger charge is 2.19. The van der Waals surface area contributed by atoms with Crippen LogP contribution in [0.1, 0.15) is 25.1 Å². The maximum absolute atomic E-state index is 12.1. The second-order valence-electron chi connectivity index (χ2n) is 4.20. The number of thioether (sulfide) groups is 1. The van der Waals surface area contributed by atoms with Crippen molar-refractivity contribution in [3.05, 3.63) is 17.0 Å². The zero-order valence-electron chi connectivity index (χ0n) is 11.3. The Morgan fingerprint density at radius 3 is 2.84 bits per heavy atom. The molecule has 1 aromatic heterocycles. The third-order valence-electron chi connectivity index (χ3n) is 2.52. The number of sulfonamides is 1. The molecule has 19 heavy (non-hydrogen) atoms. The van der Waals surface area contributed by atoms with Gasteiger partial charge in [-0.05, 0) is 37.0 Å². The van der Waals surface area contributed by atoms with E-state index in [1.54, 1.807) is 12.1 Å². The van der Waals surface area contributed by atoms with Crippen molar-refractivity contribution in [2.24, 2.45) is 0 Å². The van der Waals surface area contributed by atoms with E-state index in [4.69, 9.17) is 5.11 Å². The first-order valence-electron chi connectivity index (χ1n) is 6.29. The molecule has 4 nitrogen and oxygen atoms in total. The van der Waals surface area contributed by atoms with Gasteiger partial charge in [0.2, 0.25) is 10.0 Å². The van der Waals surface area contributed by atoms with Crippen LogP contribution in [0.2, 0.25) is 0 Å². The maximum Gasteiger partial charge on any atom is 0.250 e. The van der Waals surface area contributed by atoms with Gasteiger partial charge in [-0.2, -0.15) is 11.8 Å². The summed E-state index contributed by atoms with van der Waals surface area (Å²) in [5, 5.41) is 8.84. The fraction of sp³-hybridized carbons (Fsp3) is 0.667. The first kappa shape index (κ1) is 17.0. The molecule has 0 radical (unpaired) electrons. The SMILES string of the molecule is CCSCCC(C)NS(=O)(=O)c1ccc(CCO)s1. The van der Waals surface area contributed by atoms with Gasteiger partial charge in [0.25, 0.3) is 0 Å². The van der Waals surface area contributed by atoms with Gasteiger partial charge >= 0.3 is 0 Å². The van der Waals surface area contributed by atoms with Crippen molar-refractivity contribution < 1.29 is 13.5 Å². The normalized spacial score (nSPS) is 13.6. The topological polar surface area (TPSA) is 66.4 Å². The summed E-state index contributed by atoms with van der Waals surface area (Å²) in [5.41, 5.74) is 0. The predicted molar refractivity (Wildman–Crippen MR) is 82.5 cm³/mol. The van der Waals surface area contributed by atoms with Gasteiger partial charge in [-0.1, -0.05) is 6.92 Å². The number of aliphatic hydroxyl groups is 1. The molecule has 110 valence electrons. The molecule has 1 unspecified atom stereocenters. The Balaban J connectivity index is 2.58. The second-order valence-corrected chi connectivity index (χ2v) is 8.71. The van der Waals surface area contributed by atoms with Crippen LogP contribution in [-0.2, 0) is 16.4 Å². The molecule has 7 heteroatoms. The van der Waals surface area contributed by atoms with Gasteiger partial charge in [0.05, 0.1) is 0 Å². The van der Waals surface area contributed by atoms with Crippen LogP contribution < -0.4 is 4.72 Å². The second kappa shape index (κ2) is 8.26. The Morgan fingerprint density at radius 2 is 2.21 bits per heavy atom. The van der Waals surface area contributed by atoms with E-state index < -0.39 is 10.0 Å². The van der Waals surface area contributed by atoms with E-state index in [9.17, 15) is 8.42 Å². The quantitative estimate of drug-likeness (QED) is 0.683. The molecule has 2 N–H and O–H groups in total. The monoisotopic (exact) mass is 323 g/mol. The minimum atomic E-state index is -3.42. The summed E-state index contributed by atoms with van der Waals surface area (Å²) in [6.45, 7) is 4.02. The molecule has 0 bridgehead atoms. The average molecular weight is 324 g/mol. The summed E-state index contributed by atoms with van der Waals surface area (Å²) in [5.74, 6) is 2.01. The molecule has 0 saturated carbocycles. The summed E-state index contributed by atoms with van der Waals surface area (Å²) >= 11 is 3.03. The number of rotatable bonds is 9. The molecule has 0 aliphatic heterocycles. The van der Waals surface area contributed by atoms with Crippen LogP contribution in [0.5, 0.6) is 0 Å². The molecule has 0 saturated heterocycles. The molecule has 0 spiro atoms. The van der Waals surface area contributed by atoms with Gasteiger partial charge in [0.1, 0.15) is 4.21 Å². The maximum atomic E-state index is 12.1. The smallest absolute Gasteiger partial charge is 0.250 e. The zero-order chi connectivity index (χ0) is 14.3. The summed E-state index contributed by atoms with van der Waals surface area (Å²) in [6, 6.07) is 3.30. The van der Waals surface area contributed by atoms with Crippen LogP contribution in [0.15, 0.2) is 16.3 Å². The van der Waals surface area contributed by atoms with Crippen LogP contribution in [0.3, 0.4) is 0 Å². The van der Waals surface area contributed by atoms with Crippen LogP contribution in [-0.4, -0.2) is 37.7 Å². The molecule has 0 amide bonds. The molecular weight excluding hydrogens is 302 g/mol. The number of thiophene rings is 1. The van der Waals surface area contributed by atoms with Gasteiger partial charge < -0.3 is 5.11 Å². The zero-order valence-corrected chi connectivity index (χ0v) is 13.7. The van der Waals surface area contributed by atoms with Crippen LogP contribution in [0.25, 0.3) is 0 Å². The van der Waals surface area contributed by atoms with Gasteiger partial charge in [-0.3, -0.25) is 0 Å². The van der Waals surface area contributed by atoms with E-state index >= 15 is 0 Å². The Hall–Kier alpha value is -0.0800. The van der Waals surface area contributed by atoms with Crippen molar-refractivity contribution in [1.29, 1.82) is 0 Å². The summed E-state index contributed by atoms with van der Waals surface area (Å²) in [6.07, 6.45) is 1.33. The highest BCUT2D eigenvalue weighted by molar-refractivity contribution is 7.99. The minimum Gasteiger partial charge on any atom is -0.396 e. The molecule has 0 aliphatic carbocycles. The molecule has 1 aromatic rings. The third-order valence-corrected chi connectivity index (χ3v) is 6.67. The van der Waals surface area contributed by atoms with Gasteiger partial charge in [0, 0.05) is 23.9 Å². The van der Waals surface area contributed by atoms with Crippen molar-refractivity contribution in [3.63, 3.8) is 0 Å². The van der Waals surface area contributed by atoms with E-state index in [1.165, 1.54) is 11.3 Å². The number of hydrogen-bond donors (Lipinski definition) is 2. The summed E-state index contributed by atoms with van der Waals surface area (Å²) < 4.78 is 27.3. The minimum absolute atomic E-state index is 0.0398. The fourth-order valence-corrected chi connectivity index (χ4v) is 4.98. The number of nitrogens with one attached hydrogen (secondary N) is 1. The highest BCUT2D eigenvalue weighted by Crippen LogP contribution is 2.22. The first-order chi connectivity index (χ1) is 8.99. The average Bonchev–Trinajstić information content (AvgIpc) is 2.78. The predicted octanol–water partition coefficient (Wildman–Crippen LogP) is 2.09. The van der Waals surface area contributed by atoms with E-state index in [0.717, 1.165) is 22.8 Å². The van der Waals surface area contributed by atoms with E-state index in [1.807, 2.05) is 18.7 Å². The summed E-state index contributed by atoms with van der Waals surface area (Å²) in [7, 11) is -3.42. The fourth-order valence-electron chi connectivity index (χ4n) is 1.53. The van der Waals surface area contributed by atoms with E-state index in [-0.39, 0.29) is 12.6 Å². The van der Waals surface area contributed by atoms with Crippen molar-refractivity contribution in [2.75, 3.05) is 18.1 Å². The van der Waals surface area contributed by atoms with Crippen molar-refractivity contribution >= 4 is 33.1 Å². The van der Waals surface area contributed by atoms with Gasteiger partial charge in [-0.25, -0.2) is 13.1 Å². The van der Waals surface area contributed by atoms with Crippen LogP contribution in [0, 0.1) is 0 Å². The molecule has 0 fully saturated rings. The Bertz CT molecular complexity index is 470. The highest BCUT2D eigenvalue weighted by atomic mass is 32.2. The lowest BCUT2D eigenvalue weighted by Crippen LogP contribution is -2.32. The van der Waals surface area contributed by atoms with Crippen molar-refractivity contribution in [2.45, 2.75) is 36.9 Å². The van der Waals surface area contributed by atoms with E-state index in [0.29, 0.717) is 10.6 Å². The Labute approximate surface area is 123 Å². The lowest BCUT2D eigenvalue weighted by atomic mass is 10.3. The lowest BCUT2D eigenvalue weighted by Gasteiger charge is -2.12. The first-order valence-corrected chi connectivity index (χ1v) is 9.74. The van der Waals surface area contributed by atoms with Gasteiger partial charge in [-0.15, -0.1) is 11.3 Å². The Morgan fingerprint density at radius 1 is 1.47 bits per heavy atom. The molecule has 1 rings (SSSR count). The van der Waals surface area contributed by atoms with E-state index in [2.05, 4.69) is 11.6 Å². The molecule has 1 atom stereocenters. The number of hydrogen-bond acceptors (Lipinski definition) is 5. The molecular formula is C12H21NO3S3. The largest absolute Gasteiger partial charge is 0.396 e. The summed E-state index contributed by atoms with van der Waals surface area (Å²) in [4.78, 5) is 0.886. The van der Waals surface area contributed by atoms with Crippen molar-refractivity contribution in [3.8, 4) is 0 Å². The lowest BCUT2D eigenvalue weighted by molar-refractivity contribution is 0.300. The van der Waals surface area contributed by atoms with Crippen LogP contribution >= 0.6 is 23.1 Å². The van der Waals surface area contributed by atoms with Crippen LogP contribution in [0.4, 0.5) is 0 Å². The van der Waals surface area contributed by atoms with Crippen molar-refractivity contribution in [1.82, 2.24) is 4.72 Å². The van der Waals surface area contributed by atoms with Gasteiger partial charge in [0.15, 0.2) is 0 Å². The molecule has 0 aliphatic rings. The third kappa shape index (κ3) is 5.83. The number of aliphatic hydroxyl groups excluding tert-OH is 1. The molecule has 0 aromatic carbocycles.